The number of ether oxygens (including phenoxy) is 2. The van der Waals surface area contributed by atoms with Gasteiger partial charge in [0.1, 0.15) is 12.6 Å². The summed E-state index contributed by atoms with van der Waals surface area (Å²) >= 11 is 0. The van der Waals surface area contributed by atoms with E-state index in [0.717, 1.165) is 74.4 Å². The van der Waals surface area contributed by atoms with Crippen molar-refractivity contribution in [3.8, 4) is 0 Å². The number of carbonyl (C=O) groups is 2. The fourth-order valence-electron chi connectivity index (χ4n) is 6.32. The number of H-pyrrole nitrogens is 1. The number of halogens is 3. The van der Waals surface area contributed by atoms with Crippen LogP contribution in [0, 0.1) is 0 Å². The maximum absolute atomic E-state index is 13.2. The minimum Gasteiger partial charge on any atom is -0.381 e. The van der Waals surface area contributed by atoms with Gasteiger partial charge in [-0.15, -0.1) is 0 Å². The zero-order valence-electron chi connectivity index (χ0n) is 22.7. The quantitative estimate of drug-likeness (QED) is 0.550. The fourth-order valence-corrected chi connectivity index (χ4v) is 6.32. The van der Waals surface area contributed by atoms with Crippen molar-refractivity contribution in [3.05, 3.63) is 64.4 Å². The van der Waals surface area contributed by atoms with Gasteiger partial charge in [0.25, 0.3) is 5.91 Å². The molecule has 2 unspecified atom stereocenters. The lowest BCUT2D eigenvalue weighted by atomic mass is 9.96. The van der Waals surface area contributed by atoms with Crippen LogP contribution in [0.4, 0.5) is 13.2 Å². The lowest BCUT2D eigenvalue weighted by Gasteiger charge is -2.28. The minimum absolute atomic E-state index is 0.00110. The maximum Gasteiger partial charge on any atom is 0.416 e. The Bertz CT molecular complexity index is 1320. The number of rotatable bonds is 6. The zero-order valence-corrected chi connectivity index (χ0v) is 22.7. The Morgan fingerprint density at radius 1 is 1.20 bits per heavy atom. The molecule has 0 bridgehead atoms. The van der Waals surface area contributed by atoms with E-state index in [1.807, 2.05) is 0 Å². The molecule has 9 nitrogen and oxygen atoms in total. The molecule has 41 heavy (non-hydrogen) atoms. The van der Waals surface area contributed by atoms with Crippen LogP contribution in [0.3, 0.4) is 0 Å². The molecule has 0 saturated carbocycles. The highest BCUT2D eigenvalue weighted by Gasteiger charge is 2.37. The summed E-state index contributed by atoms with van der Waals surface area (Å²) in [5.74, 6) is -0.975. The highest BCUT2D eigenvalue weighted by Crippen LogP contribution is 2.36. The number of likely N-dealkylation sites (tertiary alicyclic amines) is 1. The van der Waals surface area contributed by atoms with Crippen molar-refractivity contribution in [2.75, 3.05) is 39.4 Å². The summed E-state index contributed by atoms with van der Waals surface area (Å²) in [5, 5.41) is 2.83. The first-order valence-electron chi connectivity index (χ1n) is 14.2. The van der Waals surface area contributed by atoms with Crippen LogP contribution in [0.5, 0.6) is 0 Å². The molecule has 12 heteroatoms. The summed E-state index contributed by atoms with van der Waals surface area (Å²) in [7, 11) is 0. The Morgan fingerprint density at radius 2 is 2.07 bits per heavy atom. The van der Waals surface area contributed by atoms with Crippen LogP contribution in [0.1, 0.15) is 64.7 Å². The first-order valence-corrected chi connectivity index (χ1v) is 14.2. The normalized spacial score (nSPS) is 26.2. The van der Waals surface area contributed by atoms with Crippen molar-refractivity contribution in [1.82, 2.24) is 25.1 Å². The summed E-state index contributed by atoms with van der Waals surface area (Å²) < 4.78 is 51.8. The Hall–Kier alpha value is -3.22. The number of imidazole rings is 1. The van der Waals surface area contributed by atoms with Crippen molar-refractivity contribution < 1.29 is 32.2 Å². The van der Waals surface area contributed by atoms with Crippen molar-refractivity contribution in [3.63, 3.8) is 0 Å². The molecule has 2 N–H and O–H groups in total. The van der Waals surface area contributed by atoms with Gasteiger partial charge >= 0.3 is 6.18 Å². The topological polar surface area (TPSA) is 99.8 Å². The summed E-state index contributed by atoms with van der Waals surface area (Å²) in [4.78, 5) is 37.2. The molecule has 0 radical (unpaired) electrons. The van der Waals surface area contributed by atoms with E-state index >= 15 is 0 Å². The van der Waals surface area contributed by atoms with Crippen molar-refractivity contribution >= 4 is 11.8 Å². The van der Waals surface area contributed by atoms with Crippen LogP contribution < -0.4 is 5.32 Å². The Kier molecular flexibility index (Phi) is 7.88. The molecule has 220 valence electrons. The number of nitrogens with zero attached hydrogens (tertiary/aromatic N) is 3. The maximum atomic E-state index is 13.2. The van der Waals surface area contributed by atoms with E-state index in [1.165, 1.54) is 11.0 Å². The summed E-state index contributed by atoms with van der Waals surface area (Å²) in [6.45, 7) is 2.85. The first-order chi connectivity index (χ1) is 19.8. The van der Waals surface area contributed by atoms with E-state index in [1.54, 1.807) is 12.5 Å². The van der Waals surface area contributed by atoms with Gasteiger partial charge in [-0.05, 0) is 61.8 Å². The molecule has 1 aromatic carbocycles. The third-order valence-corrected chi connectivity index (χ3v) is 8.54. The predicted octanol–water partition coefficient (Wildman–Crippen LogP) is 3.38. The monoisotopic (exact) mass is 573 g/mol. The third-order valence-electron chi connectivity index (χ3n) is 8.54. The fraction of sp³-hybridized carbons (Fsp3) is 0.552. The number of hydrogen-bond donors (Lipinski definition) is 2. The van der Waals surface area contributed by atoms with E-state index < -0.39 is 23.6 Å². The molecule has 2 saturated heterocycles. The highest BCUT2D eigenvalue weighted by atomic mass is 19.4. The van der Waals surface area contributed by atoms with Gasteiger partial charge < -0.3 is 24.7 Å². The summed E-state index contributed by atoms with van der Waals surface area (Å²) in [6.07, 6.45) is 3.57. The predicted molar refractivity (Wildman–Crippen MR) is 142 cm³/mol. The minimum atomic E-state index is -4.55. The molecule has 0 spiro atoms. The molecular weight excluding hydrogens is 539 g/mol. The van der Waals surface area contributed by atoms with Crippen LogP contribution in [0.15, 0.2) is 36.3 Å². The van der Waals surface area contributed by atoms with Crippen LogP contribution in [-0.4, -0.2) is 83.1 Å². The van der Waals surface area contributed by atoms with Gasteiger partial charge in [-0.3, -0.25) is 14.5 Å². The lowest BCUT2D eigenvalue weighted by Crippen LogP contribution is -2.43. The van der Waals surface area contributed by atoms with Crippen LogP contribution >= 0.6 is 0 Å². The summed E-state index contributed by atoms with van der Waals surface area (Å²) in [6, 6.07) is 3.58. The molecule has 4 heterocycles. The number of aryl methyl sites for hydroxylation is 1. The van der Waals surface area contributed by atoms with Gasteiger partial charge in [0.05, 0.1) is 23.7 Å². The van der Waals surface area contributed by atoms with Gasteiger partial charge in [0.15, 0.2) is 0 Å². The Balaban J connectivity index is 1.13. The van der Waals surface area contributed by atoms with Gasteiger partial charge in [-0.25, -0.2) is 4.98 Å². The molecular formula is C29H34F3N5O4. The van der Waals surface area contributed by atoms with E-state index in [9.17, 15) is 22.8 Å². The van der Waals surface area contributed by atoms with Crippen LogP contribution in [0.25, 0.3) is 0 Å². The largest absolute Gasteiger partial charge is 0.416 e. The van der Waals surface area contributed by atoms with Gasteiger partial charge in [-0.1, -0.05) is 6.07 Å². The number of amides is 2. The number of alkyl halides is 3. The molecule has 3 aliphatic heterocycles. The average Bonchev–Trinajstić information content (AvgIpc) is 3.61. The molecule has 6 rings (SSSR count). The molecule has 4 aliphatic rings. The molecule has 1 aromatic heterocycles. The lowest BCUT2D eigenvalue weighted by molar-refractivity contribution is -0.137. The number of fused-ring (bicyclic) bond motifs is 2. The Morgan fingerprint density at radius 3 is 2.93 bits per heavy atom. The van der Waals surface area contributed by atoms with E-state index in [4.69, 9.17) is 9.47 Å². The van der Waals surface area contributed by atoms with Crippen molar-refractivity contribution in [2.45, 2.75) is 63.0 Å². The molecule has 1 aliphatic carbocycles. The second-order valence-corrected chi connectivity index (χ2v) is 11.2. The van der Waals surface area contributed by atoms with E-state index in [2.05, 4.69) is 20.2 Å². The number of nitrogens with one attached hydrogen (secondary N) is 2. The van der Waals surface area contributed by atoms with Crippen LogP contribution in [-0.2, 0) is 33.3 Å². The smallest absolute Gasteiger partial charge is 0.381 e. The second kappa shape index (κ2) is 11.6. The summed E-state index contributed by atoms with van der Waals surface area (Å²) in [5.41, 5.74) is 2.66. The van der Waals surface area contributed by atoms with Crippen LogP contribution in [0.2, 0.25) is 0 Å². The number of aromatic nitrogens is 2. The second-order valence-electron chi connectivity index (χ2n) is 11.2. The molecule has 2 amide bonds. The first kappa shape index (κ1) is 27.9. The standard InChI is InChI=1S/C29H34F3N5O4/c30-29(31,32)20-4-3-18-7-9-36(28(39)22(18)12-20)16-26(38)33-13-19-14-37(21-2-1-10-40-11-8-21)15-25(19)41-24-6-5-23-27(24)35-17-34-23/h3-4,12-13,17,21,24-25H,1-2,5-11,14-16H2,(H,33,38)(H,34,35)/t21?,24?,25-/m0/s1. The highest BCUT2D eigenvalue weighted by molar-refractivity contribution is 5.99. The average molecular weight is 574 g/mol. The van der Waals surface area contributed by atoms with Crippen molar-refractivity contribution in [1.29, 1.82) is 0 Å². The molecule has 3 atom stereocenters. The number of carbonyl (C=O) groups excluding carboxylic acids is 2. The molecule has 2 aromatic rings. The number of hydrogen-bond acceptors (Lipinski definition) is 6. The molecule has 2 fully saturated rings. The number of benzene rings is 1. The zero-order chi connectivity index (χ0) is 28.6. The SMILES string of the molecule is O=C(CN1CCc2ccc(C(F)(F)F)cc2C1=O)NC=C1CN(C2CCCOCC2)C[C@@H]1OC1CCc2[nH]cnc21. The number of aromatic amines is 1. The van der Waals surface area contributed by atoms with E-state index in [-0.39, 0.29) is 30.9 Å². The third kappa shape index (κ3) is 6.05. The van der Waals surface area contributed by atoms with Gasteiger partial charge in [0.2, 0.25) is 5.91 Å². The van der Waals surface area contributed by atoms with E-state index in [0.29, 0.717) is 31.1 Å². The van der Waals surface area contributed by atoms with Gasteiger partial charge in [-0.2, -0.15) is 13.2 Å². The Labute approximate surface area is 236 Å². The van der Waals surface area contributed by atoms with Crippen molar-refractivity contribution in [2.24, 2.45) is 0 Å². The van der Waals surface area contributed by atoms with Gasteiger partial charge in [0, 0.05) is 56.3 Å².